The van der Waals surface area contributed by atoms with Gasteiger partial charge in [-0.2, -0.15) is 0 Å². The number of halogens is 5. The number of aliphatic hydroxyl groups is 6. The van der Waals surface area contributed by atoms with Crippen molar-refractivity contribution in [3.63, 3.8) is 0 Å². The van der Waals surface area contributed by atoms with Gasteiger partial charge in [0.05, 0.1) is 47.9 Å². The van der Waals surface area contributed by atoms with Gasteiger partial charge >= 0.3 is 12.3 Å². The highest BCUT2D eigenvalue weighted by molar-refractivity contribution is 6.32. The molecule has 668 valence electrons. The fourth-order valence-electron chi connectivity index (χ4n) is 15.5. The number of piperazine rings is 1. The molecule has 0 saturated carbocycles. The summed E-state index contributed by atoms with van der Waals surface area (Å²) >= 11 is 14.3. The van der Waals surface area contributed by atoms with Crippen molar-refractivity contribution in [2.75, 3.05) is 64.8 Å². The molecular formula is C81H93Cl2F3N12O26. The monoisotopic (exact) mass is 1780 g/mol. The molecule has 8 heterocycles. The quantitative estimate of drug-likeness (QED) is 0.0489. The number of nitrogens with one attached hydrogen (secondary N) is 9. The number of likely N-dealkylation sites (N-methyl/N-ethyl adjacent to an activating group) is 1. The number of carboxylic acid groups (broad SMARTS) is 1. The Balaban J connectivity index is 0.953. The maximum Gasteiger partial charge on any atom is 0.573 e. The second-order valence-electron chi connectivity index (χ2n) is 31.3. The predicted molar refractivity (Wildman–Crippen MR) is 428 cm³/mol. The molecule has 38 nitrogen and oxygen atoms in total. The minimum absolute atomic E-state index is 0.0271. The van der Waals surface area contributed by atoms with Crippen LogP contribution >= 0.6 is 23.2 Å². The van der Waals surface area contributed by atoms with Gasteiger partial charge in [-0.05, 0) is 134 Å². The number of phenolic OH excluding ortho intramolecular Hbond substituents is 3. The summed E-state index contributed by atoms with van der Waals surface area (Å²) in [7, 11) is 1.46. The molecule has 18 atom stereocenters. The Labute approximate surface area is 714 Å². The lowest BCUT2D eigenvalue weighted by molar-refractivity contribution is -0.334. The van der Waals surface area contributed by atoms with Crippen LogP contribution in [0.4, 0.5) is 18.9 Å². The summed E-state index contributed by atoms with van der Waals surface area (Å²) in [6.07, 6.45) is -24.0. The molecule has 3 saturated heterocycles. The molecule has 43 heteroatoms. The van der Waals surface area contributed by atoms with E-state index in [-0.39, 0.29) is 60.0 Å². The maximum atomic E-state index is 16.2. The van der Waals surface area contributed by atoms with Gasteiger partial charge in [0.25, 0.3) is 0 Å². The number of alkyl halides is 3. The Kier molecular flexibility index (Phi) is 28.7. The second kappa shape index (κ2) is 38.6. The minimum Gasteiger partial charge on any atom is -0.508 e. The van der Waals surface area contributed by atoms with Gasteiger partial charge in [-0.25, -0.2) is 4.79 Å². The summed E-state index contributed by atoms with van der Waals surface area (Å²) in [6.45, 7) is 8.30. The van der Waals surface area contributed by atoms with Crippen LogP contribution in [0.25, 0.3) is 11.1 Å². The second-order valence-corrected chi connectivity index (χ2v) is 32.1. The average molecular weight is 1780 g/mol. The number of phenols is 3. The van der Waals surface area contributed by atoms with Gasteiger partial charge < -0.3 is 138 Å². The van der Waals surface area contributed by atoms with E-state index < -0.39 is 260 Å². The van der Waals surface area contributed by atoms with Gasteiger partial charge in [0, 0.05) is 79.7 Å². The lowest BCUT2D eigenvalue weighted by Crippen LogP contribution is -2.66. The van der Waals surface area contributed by atoms with Gasteiger partial charge in [-0.3, -0.25) is 48.2 Å². The summed E-state index contributed by atoms with van der Waals surface area (Å²) in [4.78, 5) is 135. The Hall–Kier alpha value is -11.0. The number of primary amides is 1. The van der Waals surface area contributed by atoms with Crippen molar-refractivity contribution in [1.82, 2.24) is 52.3 Å². The van der Waals surface area contributed by atoms with E-state index in [1.165, 1.54) is 38.2 Å². The highest BCUT2D eigenvalue weighted by atomic mass is 35.5. The molecular weight excluding hydrogens is 1680 g/mol. The molecule has 8 amide bonds. The first-order valence-corrected chi connectivity index (χ1v) is 39.9. The number of benzene rings is 6. The van der Waals surface area contributed by atoms with Crippen LogP contribution in [0.1, 0.15) is 105 Å². The number of rotatable bonds is 21. The summed E-state index contributed by atoms with van der Waals surface area (Å²) in [5.74, 6) is -17.3. The molecule has 0 aromatic heterocycles. The number of aliphatic carboxylic acids is 1. The van der Waals surface area contributed by atoms with Gasteiger partial charge in [0.2, 0.25) is 59.3 Å². The number of amides is 8. The minimum atomic E-state index is -4.90. The van der Waals surface area contributed by atoms with E-state index in [0.717, 1.165) is 78.9 Å². The first-order chi connectivity index (χ1) is 58.7. The van der Waals surface area contributed by atoms with Crippen molar-refractivity contribution in [1.29, 1.82) is 0 Å². The average Bonchev–Trinajstić information content (AvgIpc) is 0.761. The van der Waals surface area contributed by atoms with Crippen molar-refractivity contribution in [3.05, 3.63) is 141 Å². The number of nitrogens with two attached hydrogens (primary N) is 1. The Morgan fingerprint density at radius 3 is 1.92 bits per heavy atom. The lowest BCUT2D eigenvalue weighted by Gasteiger charge is -2.48. The third-order valence-corrected chi connectivity index (χ3v) is 22.5. The zero-order chi connectivity index (χ0) is 89.8. The molecule has 3 fully saturated rings. The van der Waals surface area contributed by atoms with E-state index in [9.17, 15) is 93.0 Å². The number of anilines is 1. The van der Waals surface area contributed by atoms with Gasteiger partial charge in [-0.1, -0.05) is 55.2 Å². The maximum absolute atomic E-state index is 16.2. The molecule has 124 heavy (non-hydrogen) atoms. The zero-order valence-corrected chi connectivity index (χ0v) is 68.4. The standard InChI is InChI=1S/C81H93Cl2F3N12O26/c1-34(2)22-47(88-5)72(110)95-63-65(105)37-7-14-51(45(82)24-37)119-53-26-39-27-54(69(53)123-79-70(68(108)67(107)55(33-99)121-79)122-58-31-80(4,71(109)35(3)118-58)89-16-17-97-18-20-98(21-19-97)32-57(104)90-40-9-11-42(12-10-40)124-81(84,85)86)120-52-15-8-38(25-46(52)83)66(106)64-77(115)94-62(78(116)117)44-28-41(100)29-50(102)59(44)43-23-36(6-13-49(43)101)60(74(112)96-64)93-75(113)61(39)92-73(111)48(30-56(87)103)91-76(63)114/h6-15,23-29,34-35,47-48,55,58,60-68,70-71,79,88-89,99-102,105-109H,16-22,30-33H2,1-5H3,(H2,87,103)(H,90,104)(H,91,114)(H,92,111)(H,93,113)(H,94,115)(H,95,110)(H,96,112)(H,116,117)/t35-,47+,48?,55+,58-,60+,61?,62+,63+,64-,65+,66+,67+,68-,70+,71+,79-,80-/m0/s1. The summed E-state index contributed by atoms with van der Waals surface area (Å²) in [5, 5.41) is 139. The Morgan fingerprint density at radius 2 is 1.31 bits per heavy atom. The highest BCUT2D eigenvalue weighted by Crippen LogP contribution is 2.50. The molecule has 0 spiro atoms. The van der Waals surface area contributed by atoms with Crippen molar-refractivity contribution in [2.45, 2.75) is 163 Å². The largest absolute Gasteiger partial charge is 0.573 e. The first kappa shape index (κ1) is 92.2. The van der Waals surface area contributed by atoms with Crippen LogP contribution in [0, 0.1) is 5.92 Å². The number of nitrogens with zero attached hydrogens (tertiary/aromatic N) is 2. The smallest absolute Gasteiger partial charge is 0.508 e. The van der Waals surface area contributed by atoms with Crippen LogP contribution < -0.4 is 72.5 Å². The van der Waals surface area contributed by atoms with Crippen LogP contribution in [0.5, 0.6) is 51.7 Å². The topological polar surface area (TPSA) is 561 Å². The number of carboxylic acids is 1. The zero-order valence-electron chi connectivity index (χ0n) is 66.9. The van der Waals surface area contributed by atoms with Crippen LogP contribution in [0.3, 0.4) is 0 Å². The highest BCUT2D eigenvalue weighted by Gasteiger charge is 2.53. The number of carbonyl (C=O) groups is 9. The van der Waals surface area contributed by atoms with Gasteiger partial charge in [0.1, 0.15) is 95.2 Å². The number of aliphatic hydroxyl groups excluding tert-OH is 6. The molecule has 8 aliphatic heterocycles. The third-order valence-electron chi connectivity index (χ3n) is 21.9. The molecule has 0 radical (unpaired) electrons. The van der Waals surface area contributed by atoms with E-state index in [1.807, 2.05) is 18.7 Å². The van der Waals surface area contributed by atoms with E-state index in [4.69, 9.17) is 57.4 Å². The van der Waals surface area contributed by atoms with Crippen molar-refractivity contribution < 1.29 is 141 Å². The number of ether oxygens (including phenoxy) is 7. The van der Waals surface area contributed by atoms with Crippen LogP contribution in [0.2, 0.25) is 10.0 Å². The van der Waals surface area contributed by atoms with E-state index in [0.29, 0.717) is 32.7 Å². The van der Waals surface area contributed by atoms with Crippen LogP contribution in [-0.4, -0.2) is 259 Å². The third kappa shape index (κ3) is 21.3. The normalized spacial score (nSPS) is 27.3. The number of aromatic hydroxyl groups is 3. The van der Waals surface area contributed by atoms with Crippen molar-refractivity contribution in [2.24, 2.45) is 11.7 Å². The number of hydrogen-bond acceptors (Lipinski definition) is 29. The number of fused-ring (bicyclic) bond motifs is 15. The molecule has 6 aromatic carbocycles. The summed E-state index contributed by atoms with van der Waals surface area (Å²) in [6, 6.07) is 3.62. The summed E-state index contributed by atoms with van der Waals surface area (Å²) in [5.41, 5.74) is 1.75. The fourth-order valence-corrected chi connectivity index (χ4v) is 15.9. The summed E-state index contributed by atoms with van der Waals surface area (Å²) < 4.78 is 81.5. The van der Waals surface area contributed by atoms with Crippen LogP contribution in [-0.2, 0) is 57.4 Å². The van der Waals surface area contributed by atoms with E-state index >= 15 is 14.4 Å². The van der Waals surface area contributed by atoms with Crippen molar-refractivity contribution in [3.8, 4) is 62.9 Å². The molecule has 21 N–H and O–H groups in total. The fraction of sp³-hybridized carbons (Fsp3) is 0.444. The van der Waals surface area contributed by atoms with Gasteiger partial charge in [0.15, 0.2) is 29.9 Å². The molecule has 6 aromatic rings. The molecule has 0 aliphatic carbocycles. The van der Waals surface area contributed by atoms with Crippen LogP contribution in [0.15, 0.2) is 103 Å². The lowest BCUT2D eigenvalue weighted by atomic mass is 9.85. The van der Waals surface area contributed by atoms with E-state index in [1.54, 1.807) is 6.92 Å². The molecule has 2 unspecified atom stereocenters. The van der Waals surface area contributed by atoms with Crippen molar-refractivity contribution >= 4 is 82.1 Å². The predicted octanol–water partition coefficient (Wildman–Crippen LogP) is 1.89. The van der Waals surface area contributed by atoms with Gasteiger partial charge in [-0.15, -0.1) is 13.2 Å². The SMILES string of the molecule is CN[C@H](CC(C)C)C(=O)N[C@H]1C(=O)NC(CC(N)=O)C(=O)NC2C(=O)N[C@H]3C(=O)N[C@H](C(=O)N[C@@H](C(=O)O)c4cc(O)cc(O)c4-c4cc3ccc4O)[C@H](O)c3ccc(c(Cl)c3)Oc3cc2cc(c3O[C@@H]2O[C@H](CO)[C@@H](O)[C@H](O)[C@H]2O[C@H]2C[C@](C)(NCCN3CCN(CC(=O)Nc4ccc(OC(F)(F)F)cc4)CC3)[C@H](O)[C@H](C)O2)Oc2ccc(cc2Cl)[C@H]1O. The number of carbonyl (C=O) groups excluding carboxylic acids is 8. The first-order valence-electron chi connectivity index (χ1n) is 39.2. The molecule has 14 rings (SSSR count). The Morgan fingerprint density at radius 1 is 0.702 bits per heavy atom. The molecule has 8 aliphatic rings. The molecule has 11 bridgehead atoms. The van der Waals surface area contributed by atoms with E-state index in [2.05, 4.69) is 57.5 Å². The number of hydrogen-bond donors (Lipinski definition) is 20. The Bertz CT molecular complexity index is 5020.